The van der Waals surface area contributed by atoms with Crippen LogP contribution in [0.25, 0.3) is 0 Å². The number of hydrogen-bond donors (Lipinski definition) is 3. The van der Waals surface area contributed by atoms with E-state index in [0.29, 0.717) is 5.56 Å². The maximum absolute atomic E-state index is 12.2. The molecule has 0 aliphatic carbocycles. The molecule has 0 aromatic heterocycles. The van der Waals surface area contributed by atoms with Gasteiger partial charge in [0.15, 0.2) is 0 Å². The second-order valence-corrected chi connectivity index (χ2v) is 5.67. The zero-order valence-corrected chi connectivity index (χ0v) is 12.0. The smallest absolute Gasteiger partial charge is 0.326 e. The van der Waals surface area contributed by atoms with Gasteiger partial charge >= 0.3 is 5.97 Å². The van der Waals surface area contributed by atoms with Gasteiger partial charge in [0.25, 0.3) is 5.91 Å². The molecule has 1 aromatic carbocycles. The molecule has 1 amide bonds. The van der Waals surface area contributed by atoms with E-state index in [2.05, 4.69) is 5.32 Å². The van der Waals surface area contributed by atoms with Crippen molar-refractivity contribution in [2.75, 3.05) is 6.61 Å². The van der Waals surface area contributed by atoms with E-state index >= 15 is 0 Å². The van der Waals surface area contributed by atoms with Crippen LogP contribution in [0.3, 0.4) is 0 Å². The molecule has 1 unspecified atom stereocenters. The van der Waals surface area contributed by atoms with Crippen LogP contribution in [0.5, 0.6) is 0 Å². The minimum absolute atomic E-state index is 0.0151. The minimum atomic E-state index is -1.15. The summed E-state index contributed by atoms with van der Waals surface area (Å²) >= 11 is 0. The minimum Gasteiger partial charge on any atom is -0.480 e. The molecule has 0 spiro atoms. The fraction of sp³-hybridized carbons (Fsp3) is 0.467. The van der Waals surface area contributed by atoms with Gasteiger partial charge in [0.2, 0.25) is 0 Å². The molecule has 0 saturated carbocycles. The van der Waals surface area contributed by atoms with Crippen LogP contribution in [-0.4, -0.2) is 34.7 Å². The predicted molar refractivity (Wildman–Crippen MR) is 75.7 cm³/mol. The molecular weight excluding hydrogens is 258 g/mol. The number of carboxylic acids is 1. The van der Waals surface area contributed by atoms with Crippen molar-refractivity contribution in [2.45, 2.75) is 38.6 Å². The Morgan fingerprint density at radius 2 is 1.85 bits per heavy atom. The summed E-state index contributed by atoms with van der Waals surface area (Å²) in [5, 5.41) is 20.3. The highest BCUT2D eigenvalue weighted by atomic mass is 16.4. The summed E-state index contributed by atoms with van der Waals surface area (Å²) in [5.41, 5.74) is 1.10. The van der Waals surface area contributed by atoms with E-state index in [0.717, 1.165) is 5.56 Å². The zero-order valence-electron chi connectivity index (χ0n) is 12.0. The summed E-state index contributed by atoms with van der Waals surface area (Å²) in [6.07, 6.45) is -0.0151. The first-order valence-electron chi connectivity index (χ1n) is 6.51. The van der Waals surface area contributed by atoms with Crippen molar-refractivity contribution in [3.63, 3.8) is 0 Å². The molecule has 3 N–H and O–H groups in total. The molecule has 5 nitrogen and oxygen atoms in total. The van der Waals surface area contributed by atoms with Gasteiger partial charge in [-0.05, 0) is 17.0 Å². The lowest BCUT2D eigenvalue weighted by Crippen LogP contribution is -2.42. The highest BCUT2D eigenvalue weighted by Gasteiger charge is 2.24. The molecule has 0 bridgehead atoms. The molecule has 5 heteroatoms. The van der Waals surface area contributed by atoms with Gasteiger partial charge in [-0.1, -0.05) is 39.0 Å². The predicted octanol–water partition coefficient (Wildman–Crippen LogP) is 1.55. The Balaban J connectivity index is 3.01. The molecule has 0 saturated heterocycles. The second-order valence-electron chi connectivity index (χ2n) is 5.67. The molecule has 20 heavy (non-hydrogen) atoms. The summed E-state index contributed by atoms with van der Waals surface area (Å²) < 4.78 is 0. The zero-order chi connectivity index (χ0) is 15.3. The molecule has 0 aliphatic heterocycles. The average Bonchev–Trinajstić information content (AvgIpc) is 2.37. The number of rotatable bonds is 5. The van der Waals surface area contributed by atoms with Crippen molar-refractivity contribution < 1.29 is 19.8 Å². The first-order chi connectivity index (χ1) is 9.27. The molecule has 0 radical (unpaired) electrons. The standard InChI is InChI=1S/C15H21NO4/c1-15(2,3)11-7-5-4-6-10(11)13(18)16-12(8-9-17)14(19)20/h4-7,12,17H,8-9H2,1-3H3,(H,16,18)(H,19,20). The number of carboxylic acid groups (broad SMARTS) is 1. The summed E-state index contributed by atoms with van der Waals surface area (Å²) in [6.45, 7) is 5.67. The first kappa shape index (κ1) is 16.2. The molecule has 1 aromatic rings. The van der Waals surface area contributed by atoms with Crippen molar-refractivity contribution in [1.82, 2.24) is 5.32 Å². The van der Waals surface area contributed by atoms with Crippen LogP contribution in [0, 0.1) is 0 Å². The fourth-order valence-corrected chi connectivity index (χ4v) is 1.96. The lowest BCUT2D eigenvalue weighted by molar-refractivity contribution is -0.139. The SMILES string of the molecule is CC(C)(C)c1ccccc1C(=O)NC(CCO)C(=O)O. The third-order valence-corrected chi connectivity index (χ3v) is 3.00. The summed E-state index contributed by atoms with van der Waals surface area (Å²) in [7, 11) is 0. The highest BCUT2D eigenvalue weighted by molar-refractivity contribution is 5.98. The van der Waals surface area contributed by atoms with E-state index in [1.165, 1.54) is 0 Å². The van der Waals surface area contributed by atoms with Gasteiger partial charge in [-0.15, -0.1) is 0 Å². The highest BCUT2D eigenvalue weighted by Crippen LogP contribution is 2.25. The van der Waals surface area contributed by atoms with Gasteiger partial charge < -0.3 is 15.5 Å². The maximum atomic E-state index is 12.2. The molecule has 0 heterocycles. The van der Waals surface area contributed by atoms with Crippen LogP contribution in [-0.2, 0) is 10.2 Å². The third kappa shape index (κ3) is 4.06. The molecule has 110 valence electrons. The average molecular weight is 279 g/mol. The van der Waals surface area contributed by atoms with Gasteiger partial charge in [0, 0.05) is 18.6 Å². The van der Waals surface area contributed by atoms with Gasteiger partial charge in [-0.3, -0.25) is 4.79 Å². The topological polar surface area (TPSA) is 86.6 Å². The fourth-order valence-electron chi connectivity index (χ4n) is 1.96. The molecule has 1 rings (SSSR count). The number of benzene rings is 1. The van der Waals surface area contributed by atoms with Crippen molar-refractivity contribution >= 4 is 11.9 Å². The number of aliphatic carboxylic acids is 1. The Labute approximate surface area is 118 Å². The lowest BCUT2D eigenvalue weighted by Gasteiger charge is -2.23. The van der Waals surface area contributed by atoms with E-state index in [-0.39, 0.29) is 18.4 Å². The van der Waals surface area contributed by atoms with Crippen LogP contribution < -0.4 is 5.32 Å². The Hall–Kier alpha value is -1.88. The van der Waals surface area contributed by atoms with E-state index in [9.17, 15) is 9.59 Å². The van der Waals surface area contributed by atoms with E-state index in [4.69, 9.17) is 10.2 Å². The van der Waals surface area contributed by atoms with Gasteiger partial charge in [-0.2, -0.15) is 0 Å². The second kappa shape index (κ2) is 6.52. The number of aliphatic hydroxyl groups is 1. The Morgan fingerprint density at radius 1 is 1.25 bits per heavy atom. The van der Waals surface area contributed by atoms with Crippen LogP contribution in [0.15, 0.2) is 24.3 Å². The molecular formula is C15H21NO4. The van der Waals surface area contributed by atoms with Crippen LogP contribution in [0.4, 0.5) is 0 Å². The largest absolute Gasteiger partial charge is 0.480 e. The van der Waals surface area contributed by atoms with Gasteiger partial charge in [0.05, 0.1) is 0 Å². The summed E-state index contributed by atoms with van der Waals surface area (Å²) in [5.74, 6) is -1.59. The van der Waals surface area contributed by atoms with Gasteiger partial charge in [0.1, 0.15) is 6.04 Å². The van der Waals surface area contributed by atoms with Crippen molar-refractivity contribution in [2.24, 2.45) is 0 Å². The molecule has 0 aliphatic rings. The van der Waals surface area contributed by atoms with E-state index < -0.39 is 17.9 Å². The quantitative estimate of drug-likeness (QED) is 0.763. The van der Waals surface area contributed by atoms with Crippen LogP contribution in [0.1, 0.15) is 43.1 Å². The Bertz CT molecular complexity index is 491. The van der Waals surface area contributed by atoms with Crippen molar-refractivity contribution in [3.8, 4) is 0 Å². The normalized spacial score (nSPS) is 12.8. The third-order valence-electron chi connectivity index (χ3n) is 3.00. The van der Waals surface area contributed by atoms with Gasteiger partial charge in [-0.25, -0.2) is 4.79 Å². The van der Waals surface area contributed by atoms with E-state index in [1.54, 1.807) is 12.1 Å². The summed E-state index contributed by atoms with van der Waals surface area (Å²) in [4.78, 5) is 23.3. The first-order valence-corrected chi connectivity index (χ1v) is 6.51. The Morgan fingerprint density at radius 3 is 2.35 bits per heavy atom. The Kier molecular flexibility index (Phi) is 5.27. The molecule has 1 atom stereocenters. The maximum Gasteiger partial charge on any atom is 0.326 e. The number of amides is 1. The lowest BCUT2D eigenvalue weighted by atomic mass is 9.83. The monoisotopic (exact) mass is 279 g/mol. The van der Waals surface area contributed by atoms with Crippen molar-refractivity contribution in [1.29, 1.82) is 0 Å². The van der Waals surface area contributed by atoms with Crippen LogP contribution in [0.2, 0.25) is 0 Å². The van der Waals surface area contributed by atoms with E-state index in [1.807, 2.05) is 32.9 Å². The number of carbonyl (C=O) groups is 2. The summed E-state index contributed by atoms with van der Waals surface area (Å²) in [6, 6.07) is 6.04. The van der Waals surface area contributed by atoms with Crippen LogP contribution >= 0.6 is 0 Å². The molecule has 0 fully saturated rings. The number of aliphatic hydroxyl groups excluding tert-OH is 1. The number of nitrogens with one attached hydrogen (secondary N) is 1. The van der Waals surface area contributed by atoms with Crippen molar-refractivity contribution in [3.05, 3.63) is 35.4 Å². The number of carbonyl (C=O) groups excluding carboxylic acids is 1. The number of hydrogen-bond acceptors (Lipinski definition) is 3.